The number of para-hydroxylation sites is 1. The van der Waals surface area contributed by atoms with Crippen molar-refractivity contribution in [2.75, 3.05) is 5.73 Å². The summed E-state index contributed by atoms with van der Waals surface area (Å²) < 4.78 is 11.0. The molecule has 200 valence electrons. The first-order valence-electron chi connectivity index (χ1n) is 13.9. The van der Waals surface area contributed by atoms with E-state index in [0.717, 1.165) is 46.3 Å². The van der Waals surface area contributed by atoms with Crippen molar-refractivity contribution in [3.05, 3.63) is 87.8 Å². The summed E-state index contributed by atoms with van der Waals surface area (Å²) in [6, 6.07) is 14.3. The number of esters is 1. The first-order chi connectivity index (χ1) is 18.3. The van der Waals surface area contributed by atoms with Crippen LogP contribution in [0.3, 0.4) is 0 Å². The number of aromatic nitrogens is 2. The van der Waals surface area contributed by atoms with Gasteiger partial charge in [-0.1, -0.05) is 68.8 Å². The van der Waals surface area contributed by atoms with Crippen LogP contribution in [-0.4, -0.2) is 15.1 Å². The van der Waals surface area contributed by atoms with E-state index in [0.29, 0.717) is 16.3 Å². The number of hydrogen-bond acceptors (Lipinski definition) is 3. The second-order valence-corrected chi connectivity index (χ2v) is 11.2. The Morgan fingerprint density at radius 1 is 1.05 bits per heavy atom. The number of cyclic esters (lactones) is 1. The third-order valence-corrected chi connectivity index (χ3v) is 8.34. The highest BCUT2D eigenvalue weighted by atomic mass is 35.5. The lowest BCUT2D eigenvalue weighted by atomic mass is 9.79. The van der Waals surface area contributed by atoms with E-state index in [4.69, 9.17) is 22.1 Å². The van der Waals surface area contributed by atoms with Gasteiger partial charge in [0.2, 0.25) is 0 Å². The molecule has 1 atom stereocenters. The van der Waals surface area contributed by atoms with Gasteiger partial charge < -0.3 is 19.6 Å². The van der Waals surface area contributed by atoms with Gasteiger partial charge in [-0.2, -0.15) is 0 Å². The standard InChI is InChI=1S/C32H38ClN3O2/c1-5-6-7-8-9-12-16-36-22(4)30(24-13-10-11-14-29(24)36)32(23-15-17-35(20-23)21(2)3)26-19-27(33)28(34)18-25(26)31(37)38-32/h10-11,13-15,17-21H,5-9,12,16,34H2,1-4H3. The summed E-state index contributed by atoms with van der Waals surface area (Å²) in [6.07, 6.45) is 11.6. The molecule has 0 spiro atoms. The molecular formula is C32H38ClN3O2. The molecule has 6 heteroatoms. The van der Waals surface area contributed by atoms with E-state index in [9.17, 15) is 4.79 Å². The maximum atomic E-state index is 13.4. The van der Waals surface area contributed by atoms with Crippen molar-refractivity contribution in [2.45, 2.75) is 84.4 Å². The first kappa shape index (κ1) is 26.4. The molecule has 3 heterocycles. The predicted molar refractivity (Wildman–Crippen MR) is 156 cm³/mol. The number of nitrogens with two attached hydrogens (primary N) is 1. The summed E-state index contributed by atoms with van der Waals surface area (Å²) in [4.78, 5) is 13.4. The molecule has 1 aliphatic heterocycles. The Bertz CT molecular complexity index is 1480. The molecule has 0 amide bonds. The number of rotatable bonds is 10. The summed E-state index contributed by atoms with van der Waals surface area (Å²) >= 11 is 6.58. The van der Waals surface area contributed by atoms with Crippen molar-refractivity contribution in [2.24, 2.45) is 0 Å². The molecule has 38 heavy (non-hydrogen) atoms. The van der Waals surface area contributed by atoms with E-state index in [1.165, 1.54) is 32.1 Å². The van der Waals surface area contributed by atoms with Crippen LogP contribution in [0.25, 0.3) is 10.9 Å². The van der Waals surface area contributed by atoms with Gasteiger partial charge >= 0.3 is 5.97 Å². The third-order valence-electron chi connectivity index (χ3n) is 8.02. The highest BCUT2D eigenvalue weighted by Gasteiger charge is 2.52. The zero-order valence-electron chi connectivity index (χ0n) is 22.9. The molecule has 0 radical (unpaired) electrons. The van der Waals surface area contributed by atoms with Crippen LogP contribution in [0, 0.1) is 6.92 Å². The highest BCUT2D eigenvalue weighted by molar-refractivity contribution is 6.33. The predicted octanol–water partition coefficient (Wildman–Crippen LogP) is 8.39. The Labute approximate surface area is 230 Å². The molecule has 0 bridgehead atoms. The number of fused-ring (bicyclic) bond motifs is 2. The molecule has 5 nitrogen and oxygen atoms in total. The normalized spacial score (nSPS) is 16.9. The molecule has 2 aromatic carbocycles. The number of nitrogens with zero attached hydrogens (tertiary/aromatic N) is 2. The first-order valence-corrected chi connectivity index (χ1v) is 14.3. The van der Waals surface area contributed by atoms with Gasteiger partial charge in [-0.25, -0.2) is 4.79 Å². The number of ether oxygens (including phenoxy) is 1. The molecule has 0 aliphatic carbocycles. The quantitative estimate of drug-likeness (QED) is 0.127. The van der Waals surface area contributed by atoms with Crippen molar-refractivity contribution >= 4 is 34.2 Å². The van der Waals surface area contributed by atoms with Crippen LogP contribution in [0.2, 0.25) is 5.02 Å². The van der Waals surface area contributed by atoms with Gasteiger partial charge in [0, 0.05) is 58.3 Å². The Balaban J connectivity index is 1.71. The van der Waals surface area contributed by atoms with Crippen LogP contribution >= 0.6 is 11.6 Å². The summed E-state index contributed by atoms with van der Waals surface area (Å²) in [5.41, 5.74) is 10.8. The smallest absolute Gasteiger partial charge is 0.340 e. The van der Waals surface area contributed by atoms with Crippen molar-refractivity contribution in [1.82, 2.24) is 9.13 Å². The number of aryl methyl sites for hydroxylation is 1. The summed E-state index contributed by atoms with van der Waals surface area (Å²) in [6.45, 7) is 9.60. The van der Waals surface area contributed by atoms with E-state index in [1.54, 1.807) is 6.07 Å². The largest absolute Gasteiger partial charge is 0.440 e. The van der Waals surface area contributed by atoms with Gasteiger partial charge in [0.1, 0.15) is 0 Å². The zero-order valence-corrected chi connectivity index (χ0v) is 23.6. The topological polar surface area (TPSA) is 62.2 Å². The number of unbranched alkanes of at least 4 members (excludes halogenated alkanes) is 5. The summed E-state index contributed by atoms with van der Waals surface area (Å²) in [5, 5.41) is 1.50. The van der Waals surface area contributed by atoms with E-state index in [2.05, 4.69) is 79.6 Å². The highest BCUT2D eigenvalue weighted by Crippen LogP contribution is 2.52. The van der Waals surface area contributed by atoms with Crippen molar-refractivity contribution in [1.29, 1.82) is 0 Å². The van der Waals surface area contributed by atoms with Gasteiger partial charge in [-0.3, -0.25) is 0 Å². The van der Waals surface area contributed by atoms with E-state index >= 15 is 0 Å². The number of carbonyl (C=O) groups excluding carboxylic acids is 1. The number of nitrogen functional groups attached to an aromatic ring is 1. The molecule has 2 N–H and O–H groups in total. The van der Waals surface area contributed by atoms with Crippen LogP contribution in [0.1, 0.15) is 98.1 Å². The number of carbonyl (C=O) groups is 1. The second kappa shape index (κ2) is 10.5. The molecular weight excluding hydrogens is 494 g/mol. The Kier molecular flexibility index (Phi) is 7.32. The van der Waals surface area contributed by atoms with Crippen LogP contribution < -0.4 is 5.73 Å². The number of benzene rings is 2. The van der Waals surface area contributed by atoms with E-state index in [-0.39, 0.29) is 12.0 Å². The second-order valence-electron chi connectivity index (χ2n) is 10.8. The minimum atomic E-state index is -1.13. The maximum absolute atomic E-state index is 13.4. The molecule has 0 fully saturated rings. The van der Waals surface area contributed by atoms with Crippen LogP contribution in [0.5, 0.6) is 0 Å². The number of anilines is 1. The summed E-state index contributed by atoms with van der Waals surface area (Å²) in [7, 11) is 0. The minimum Gasteiger partial charge on any atom is -0.440 e. The van der Waals surface area contributed by atoms with Crippen LogP contribution in [0.4, 0.5) is 5.69 Å². The van der Waals surface area contributed by atoms with Crippen molar-refractivity contribution in [3.63, 3.8) is 0 Å². The van der Waals surface area contributed by atoms with E-state index in [1.807, 2.05) is 6.07 Å². The van der Waals surface area contributed by atoms with Crippen LogP contribution in [0.15, 0.2) is 54.9 Å². The average Bonchev–Trinajstić information content (AvgIpc) is 3.57. The SMILES string of the molecule is CCCCCCCCn1c(C)c(C2(c3ccn(C(C)C)c3)OC(=O)c3cc(N)c(Cl)cc32)c2ccccc21. The van der Waals surface area contributed by atoms with Gasteiger partial charge in [0.25, 0.3) is 0 Å². The molecule has 1 unspecified atom stereocenters. The Morgan fingerprint density at radius 3 is 2.53 bits per heavy atom. The lowest BCUT2D eigenvalue weighted by molar-refractivity contribution is 0.0253. The van der Waals surface area contributed by atoms with Crippen molar-refractivity contribution < 1.29 is 9.53 Å². The lowest BCUT2D eigenvalue weighted by Gasteiger charge is -2.30. The van der Waals surface area contributed by atoms with E-state index < -0.39 is 5.60 Å². The monoisotopic (exact) mass is 531 g/mol. The van der Waals surface area contributed by atoms with Crippen molar-refractivity contribution in [3.8, 4) is 0 Å². The molecule has 5 rings (SSSR count). The Hall–Kier alpha value is -3.18. The number of hydrogen-bond donors (Lipinski definition) is 1. The number of halogens is 1. The molecule has 1 aliphatic rings. The summed E-state index contributed by atoms with van der Waals surface area (Å²) in [5.74, 6) is -0.382. The zero-order chi connectivity index (χ0) is 27.0. The molecule has 4 aromatic rings. The minimum absolute atomic E-state index is 0.266. The fourth-order valence-electron chi connectivity index (χ4n) is 6.00. The third kappa shape index (κ3) is 4.31. The fourth-order valence-corrected chi connectivity index (χ4v) is 6.16. The van der Waals surface area contributed by atoms with Gasteiger partial charge in [0.15, 0.2) is 5.60 Å². The average molecular weight is 532 g/mol. The molecule has 0 saturated carbocycles. The molecule has 2 aromatic heterocycles. The maximum Gasteiger partial charge on any atom is 0.340 e. The van der Waals surface area contributed by atoms with Crippen LogP contribution in [-0.2, 0) is 16.9 Å². The van der Waals surface area contributed by atoms with Gasteiger partial charge in [-0.15, -0.1) is 0 Å². The van der Waals surface area contributed by atoms with Gasteiger partial charge in [-0.05, 0) is 51.5 Å². The molecule has 0 saturated heterocycles. The Morgan fingerprint density at radius 2 is 1.79 bits per heavy atom. The fraction of sp³-hybridized carbons (Fsp3) is 0.406. The van der Waals surface area contributed by atoms with Gasteiger partial charge in [0.05, 0.1) is 16.3 Å². The lowest BCUT2D eigenvalue weighted by Crippen LogP contribution is -2.30.